The minimum Gasteiger partial charge on any atom is -0.291 e. The van der Waals surface area contributed by atoms with E-state index in [4.69, 9.17) is 0 Å². The molecule has 17 heavy (non-hydrogen) atoms. The number of benzene rings is 1. The fraction of sp³-hybridized carbons (Fsp3) is 0.357. The predicted molar refractivity (Wildman–Crippen MR) is 71.1 cm³/mol. The monoisotopic (exact) mass is 232 g/mol. The highest BCUT2D eigenvalue weighted by Gasteiger charge is 1.96. The molecule has 1 aromatic rings. The topological polar surface area (TPSA) is 41.1 Å². The van der Waals surface area contributed by atoms with Crippen molar-refractivity contribution in [1.29, 1.82) is 0 Å². The number of nitrogens with one attached hydrogen (secondary N) is 2. The van der Waals surface area contributed by atoms with Crippen molar-refractivity contribution < 1.29 is 4.79 Å². The summed E-state index contributed by atoms with van der Waals surface area (Å²) in [6, 6.07) is 10.1. The zero-order chi connectivity index (χ0) is 12.3. The molecule has 1 aromatic carbocycles. The second-order valence-electron chi connectivity index (χ2n) is 3.85. The quantitative estimate of drug-likeness (QED) is 0.560. The average molecular weight is 232 g/mol. The van der Waals surface area contributed by atoms with Crippen molar-refractivity contribution in [2.75, 3.05) is 6.54 Å². The molecule has 0 heterocycles. The molecule has 0 radical (unpaired) electrons. The summed E-state index contributed by atoms with van der Waals surface area (Å²) in [7, 11) is 0. The van der Waals surface area contributed by atoms with Gasteiger partial charge in [0.2, 0.25) is 5.91 Å². The Morgan fingerprint density at radius 3 is 2.76 bits per heavy atom. The van der Waals surface area contributed by atoms with Crippen LogP contribution in [0, 0.1) is 0 Å². The summed E-state index contributed by atoms with van der Waals surface area (Å²) in [6.07, 6.45) is 6.57. The summed E-state index contributed by atoms with van der Waals surface area (Å²) in [6.45, 7) is 2.70. The lowest BCUT2D eigenvalue weighted by molar-refractivity contribution is -0.122. The molecule has 0 aliphatic heterocycles. The van der Waals surface area contributed by atoms with Crippen molar-refractivity contribution in [1.82, 2.24) is 10.9 Å². The van der Waals surface area contributed by atoms with Gasteiger partial charge in [-0.05, 0) is 12.0 Å². The van der Waals surface area contributed by atoms with Crippen LogP contribution in [-0.4, -0.2) is 12.5 Å². The third-order valence-electron chi connectivity index (χ3n) is 2.31. The first-order chi connectivity index (χ1) is 8.33. The van der Waals surface area contributed by atoms with Crippen molar-refractivity contribution in [2.45, 2.75) is 26.2 Å². The first-order valence-corrected chi connectivity index (χ1v) is 6.06. The van der Waals surface area contributed by atoms with E-state index in [-0.39, 0.29) is 5.91 Å². The summed E-state index contributed by atoms with van der Waals surface area (Å²) in [5.41, 5.74) is 6.70. The minimum atomic E-state index is 0.0555. The second kappa shape index (κ2) is 8.53. The van der Waals surface area contributed by atoms with Gasteiger partial charge in [-0.15, -0.1) is 0 Å². The van der Waals surface area contributed by atoms with Crippen LogP contribution in [-0.2, 0) is 4.79 Å². The first-order valence-electron chi connectivity index (χ1n) is 6.06. The highest BCUT2D eigenvalue weighted by Crippen LogP contribution is 1.99. The number of amides is 1. The van der Waals surface area contributed by atoms with Gasteiger partial charge in [-0.3, -0.25) is 10.2 Å². The largest absolute Gasteiger partial charge is 0.291 e. The maximum Gasteiger partial charge on any atom is 0.234 e. The molecule has 0 bridgehead atoms. The van der Waals surface area contributed by atoms with Gasteiger partial charge < -0.3 is 0 Å². The molecular weight excluding hydrogens is 212 g/mol. The molecular formula is C14H20N2O. The van der Waals surface area contributed by atoms with E-state index in [1.54, 1.807) is 0 Å². The van der Waals surface area contributed by atoms with E-state index in [1.165, 1.54) is 0 Å². The second-order valence-corrected chi connectivity index (χ2v) is 3.85. The molecule has 0 saturated heterocycles. The first kappa shape index (κ1) is 13.5. The highest BCUT2D eigenvalue weighted by atomic mass is 16.2. The molecule has 0 unspecified atom stereocenters. The van der Waals surface area contributed by atoms with E-state index in [1.807, 2.05) is 42.5 Å². The fourth-order valence-corrected chi connectivity index (χ4v) is 1.37. The Morgan fingerprint density at radius 1 is 1.29 bits per heavy atom. The number of rotatable bonds is 7. The van der Waals surface area contributed by atoms with Gasteiger partial charge in [0.25, 0.3) is 0 Å². The van der Waals surface area contributed by atoms with Crippen molar-refractivity contribution in [3.8, 4) is 0 Å². The molecule has 0 aromatic heterocycles. The molecule has 0 fully saturated rings. The number of carbonyl (C=O) groups excluding carboxylic acids is 1. The molecule has 92 valence electrons. The van der Waals surface area contributed by atoms with Crippen molar-refractivity contribution >= 4 is 12.0 Å². The number of carbonyl (C=O) groups is 1. The van der Waals surface area contributed by atoms with Crippen LogP contribution in [0.25, 0.3) is 6.08 Å². The van der Waals surface area contributed by atoms with E-state index >= 15 is 0 Å². The van der Waals surface area contributed by atoms with Gasteiger partial charge in [-0.1, -0.05) is 55.8 Å². The van der Waals surface area contributed by atoms with Crippen LogP contribution in [0.3, 0.4) is 0 Å². The molecule has 0 atom stereocenters. The predicted octanol–water partition coefficient (Wildman–Crippen LogP) is 2.51. The molecule has 3 nitrogen and oxygen atoms in total. The van der Waals surface area contributed by atoms with Crippen LogP contribution >= 0.6 is 0 Å². The van der Waals surface area contributed by atoms with Crippen LogP contribution in [0.5, 0.6) is 0 Å². The lowest BCUT2D eigenvalue weighted by Gasteiger charge is -2.03. The Morgan fingerprint density at radius 2 is 2.06 bits per heavy atom. The van der Waals surface area contributed by atoms with Gasteiger partial charge in [0, 0.05) is 13.0 Å². The minimum absolute atomic E-state index is 0.0555. The molecule has 1 rings (SSSR count). The molecule has 1 amide bonds. The SMILES string of the molecule is CCCCC(=O)NNCC=Cc1ccccc1. The molecule has 0 aliphatic rings. The third-order valence-corrected chi connectivity index (χ3v) is 2.31. The number of unbranched alkanes of at least 4 members (excludes halogenated alkanes) is 1. The normalized spacial score (nSPS) is 10.6. The summed E-state index contributed by atoms with van der Waals surface area (Å²) >= 11 is 0. The molecule has 0 spiro atoms. The Labute approximate surface area is 103 Å². The van der Waals surface area contributed by atoms with Gasteiger partial charge in [-0.2, -0.15) is 0 Å². The van der Waals surface area contributed by atoms with E-state index in [0.29, 0.717) is 13.0 Å². The lowest BCUT2D eigenvalue weighted by Crippen LogP contribution is -2.37. The molecule has 3 heteroatoms. The van der Waals surface area contributed by atoms with Gasteiger partial charge in [-0.25, -0.2) is 5.43 Å². The molecule has 2 N–H and O–H groups in total. The summed E-state index contributed by atoms with van der Waals surface area (Å²) in [4.78, 5) is 11.2. The van der Waals surface area contributed by atoms with Crippen LogP contribution in [0.15, 0.2) is 36.4 Å². The zero-order valence-corrected chi connectivity index (χ0v) is 10.3. The van der Waals surface area contributed by atoms with Crippen LogP contribution in [0.1, 0.15) is 31.7 Å². The highest BCUT2D eigenvalue weighted by molar-refractivity contribution is 5.75. The Balaban J connectivity index is 2.12. The standard InChI is InChI=1S/C14H20N2O/c1-2-3-11-14(17)16-15-12-7-10-13-8-5-4-6-9-13/h4-10,15H,2-3,11-12H2,1H3,(H,16,17). The van der Waals surface area contributed by atoms with Crippen LogP contribution in [0.4, 0.5) is 0 Å². The number of hydrazine groups is 1. The van der Waals surface area contributed by atoms with Gasteiger partial charge in [0.15, 0.2) is 0 Å². The van der Waals surface area contributed by atoms with E-state index in [9.17, 15) is 4.79 Å². The van der Waals surface area contributed by atoms with E-state index in [2.05, 4.69) is 17.8 Å². The number of hydrogen-bond donors (Lipinski definition) is 2. The van der Waals surface area contributed by atoms with Crippen LogP contribution in [0.2, 0.25) is 0 Å². The van der Waals surface area contributed by atoms with Crippen molar-refractivity contribution in [3.05, 3.63) is 42.0 Å². The van der Waals surface area contributed by atoms with E-state index < -0.39 is 0 Å². The third kappa shape index (κ3) is 6.53. The van der Waals surface area contributed by atoms with Crippen molar-refractivity contribution in [2.24, 2.45) is 0 Å². The molecule has 0 saturated carbocycles. The maximum absolute atomic E-state index is 11.2. The maximum atomic E-state index is 11.2. The number of hydrogen-bond acceptors (Lipinski definition) is 2. The van der Waals surface area contributed by atoms with Gasteiger partial charge in [0.1, 0.15) is 0 Å². The van der Waals surface area contributed by atoms with Gasteiger partial charge in [0.05, 0.1) is 0 Å². The van der Waals surface area contributed by atoms with E-state index in [0.717, 1.165) is 18.4 Å². The zero-order valence-electron chi connectivity index (χ0n) is 10.3. The smallest absolute Gasteiger partial charge is 0.234 e. The fourth-order valence-electron chi connectivity index (χ4n) is 1.37. The van der Waals surface area contributed by atoms with Crippen molar-refractivity contribution in [3.63, 3.8) is 0 Å². The lowest BCUT2D eigenvalue weighted by atomic mass is 10.2. The Bertz CT molecular complexity index is 346. The van der Waals surface area contributed by atoms with Gasteiger partial charge >= 0.3 is 0 Å². The Hall–Kier alpha value is -1.61. The van der Waals surface area contributed by atoms with Crippen LogP contribution < -0.4 is 10.9 Å². The average Bonchev–Trinajstić information content (AvgIpc) is 2.37. The summed E-state index contributed by atoms with van der Waals surface area (Å²) in [5, 5.41) is 0. The summed E-state index contributed by atoms with van der Waals surface area (Å²) in [5.74, 6) is 0.0555. The Kier molecular flexibility index (Phi) is 6.75. The summed E-state index contributed by atoms with van der Waals surface area (Å²) < 4.78 is 0. The molecule has 0 aliphatic carbocycles.